The van der Waals surface area contributed by atoms with E-state index >= 15 is 0 Å². The summed E-state index contributed by atoms with van der Waals surface area (Å²) in [6.07, 6.45) is 4.63. The second-order valence-electron chi connectivity index (χ2n) is 12.6. The molecular formula is C32H32Cl2FNO6. The van der Waals surface area contributed by atoms with Crippen LogP contribution in [0.5, 0.6) is 5.75 Å². The Hall–Kier alpha value is -2.65. The molecule has 2 N–H and O–H groups in total. The highest BCUT2D eigenvalue weighted by molar-refractivity contribution is 6.39. The summed E-state index contributed by atoms with van der Waals surface area (Å²) in [4.78, 5) is 11.7. The van der Waals surface area contributed by atoms with Gasteiger partial charge in [-0.05, 0) is 79.7 Å². The molecule has 0 saturated heterocycles. The van der Waals surface area contributed by atoms with Crippen LogP contribution in [0, 0.1) is 23.6 Å². The van der Waals surface area contributed by atoms with E-state index in [1.807, 2.05) is 0 Å². The summed E-state index contributed by atoms with van der Waals surface area (Å²) in [5, 5.41) is 27.1. The van der Waals surface area contributed by atoms with Gasteiger partial charge in [0.15, 0.2) is 0 Å². The average Bonchev–Trinajstić information content (AvgIpc) is 3.86. The number of carbonyl (C=O) groups is 1. The van der Waals surface area contributed by atoms with Crippen LogP contribution in [0.1, 0.15) is 74.7 Å². The number of carboxylic acids is 1. The first-order chi connectivity index (χ1) is 20.1. The Bertz CT molecular complexity index is 1530. The van der Waals surface area contributed by atoms with Crippen molar-refractivity contribution in [3.63, 3.8) is 0 Å². The minimum absolute atomic E-state index is 0.132. The number of fused-ring (bicyclic) bond motifs is 2. The zero-order valence-corrected chi connectivity index (χ0v) is 24.6. The molecule has 5 atom stereocenters. The lowest BCUT2D eigenvalue weighted by Gasteiger charge is -2.43. The quantitative estimate of drug-likeness (QED) is 0.257. The van der Waals surface area contributed by atoms with Crippen LogP contribution >= 0.6 is 23.2 Å². The number of hydrogen-bond donors (Lipinski definition) is 2. The van der Waals surface area contributed by atoms with E-state index in [-0.39, 0.29) is 36.2 Å². The van der Waals surface area contributed by atoms with E-state index in [0.29, 0.717) is 58.5 Å². The smallest absolute Gasteiger partial charge is 0.348 e. The summed E-state index contributed by atoms with van der Waals surface area (Å²) in [6.45, 7) is 2.39. The van der Waals surface area contributed by atoms with Gasteiger partial charge in [0.1, 0.15) is 23.0 Å². The molecule has 1 aromatic heterocycles. The molecule has 2 bridgehead atoms. The number of hydrogen-bond acceptors (Lipinski definition) is 6. The largest absolute Gasteiger partial charge is 0.478 e. The van der Waals surface area contributed by atoms with E-state index in [2.05, 4.69) is 12.1 Å². The summed E-state index contributed by atoms with van der Waals surface area (Å²) < 4.78 is 32.9. The maximum absolute atomic E-state index is 14.8. The average molecular weight is 617 g/mol. The number of benzene rings is 2. The number of halogens is 3. The standard InChI is InChI=1S/C32H32Cl2FNO6/c1-16-9-18-11-21(40-15-23-28(36-42-29(23)17-5-6-17)27-25(33)3-2-4-26(27)34)14-24(16)32(18,39)19-10-20(35)13-22(12-19)41-31(7-8-31)30(37)38/h2-4,10,12-13,16-18,21,24,39H,5-9,11,14-15H2,1H3,(H,37,38)/t16-,18+,21+,24+,32+/m0/s1. The Morgan fingerprint density at radius 2 is 1.88 bits per heavy atom. The number of ether oxygens (including phenoxy) is 2. The van der Waals surface area contributed by atoms with Crippen LogP contribution in [-0.2, 0) is 21.7 Å². The highest BCUT2D eigenvalue weighted by atomic mass is 35.5. The molecule has 7 nitrogen and oxygen atoms in total. The minimum atomic E-state index is -1.31. The molecular weight excluding hydrogens is 584 g/mol. The van der Waals surface area contributed by atoms with Gasteiger partial charge in [-0.2, -0.15) is 0 Å². The van der Waals surface area contributed by atoms with Crippen molar-refractivity contribution in [1.82, 2.24) is 5.16 Å². The number of aliphatic carboxylic acids is 1. The normalized spacial score (nSPS) is 29.5. The molecule has 0 radical (unpaired) electrons. The van der Waals surface area contributed by atoms with Crippen LogP contribution in [0.15, 0.2) is 40.9 Å². The van der Waals surface area contributed by atoms with Crippen molar-refractivity contribution in [2.45, 2.75) is 81.7 Å². The fourth-order valence-electron chi connectivity index (χ4n) is 7.30. The van der Waals surface area contributed by atoms with Crippen molar-refractivity contribution in [2.75, 3.05) is 0 Å². The highest BCUT2D eigenvalue weighted by Crippen LogP contribution is 2.59. The van der Waals surface area contributed by atoms with Gasteiger partial charge in [-0.1, -0.05) is 41.3 Å². The van der Waals surface area contributed by atoms with Crippen LogP contribution in [0.3, 0.4) is 0 Å². The Balaban J connectivity index is 1.13. The fourth-order valence-corrected chi connectivity index (χ4v) is 7.88. The molecule has 4 saturated carbocycles. The van der Waals surface area contributed by atoms with Gasteiger partial charge >= 0.3 is 5.97 Å². The lowest BCUT2D eigenvalue weighted by molar-refractivity contribution is -0.147. The number of nitrogens with zero attached hydrogens (tertiary/aromatic N) is 1. The van der Waals surface area contributed by atoms with Gasteiger partial charge < -0.3 is 24.2 Å². The van der Waals surface area contributed by atoms with Crippen LogP contribution in [-0.4, -0.2) is 33.0 Å². The molecule has 222 valence electrons. The second-order valence-corrected chi connectivity index (χ2v) is 13.4. The van der Waals surface area contributed by atoms with E-state index in [1.54, 1.807) is 24.3 Å². The summed E-state index contributed by atoms with van der Waals surface area (Å²) in [5.41, 5.74) is -0.0680. The summed E-state index contributed by atoms with van der Waals surface area (Å²) >= 11 is 13.0. The van der Waals surface area contributed by atoms with Crippen LogP contribution < -0.4 is 4.74 Å². The van der Waals surface area contributed by atoms with Crippen LogP contribution in [0.2, 0.25) is 10.0 Å². The van der Waals surface area contributed by atoms with E-state index in [0.717, 1.165) is 30.6 Å². The zero-order chi connectivity index (χ0) is 29.4. The van der Waals surface area contributed by atoms with Gasteiger partial charge in [0.25, 0.3) is 0 Å². The second kappa shape index (κ2) is 10.2. The molecule has 0 amide bonds. The molecule has 0 unspecified atom stereocenters. The van der Waals surface area contributed by atoms with Crippen molar-refractivity contribution in [1.29, 1.82) is 0 Å². The van der Waals surface area contributed by atoms with Gasteiger partial charge in [-0.3, -0.25) is 0 Å². The maximum atomic E-state index is 14.8. The Morgan fingerprint density at radius 3 is 2.52 bits per heavy atom. The molecule has 1 heterocycles. The first-order valence-corrected chi connectivity index (χ1v) is 15.3. The van der Waals surface area contributed by atoms with Crippen molar-refractivity contribution in [2.24, 2.45) is 17.8 Å². The highest BCUT2D eigenvalue weighted by Gasteiger charge is 2.58. The van der Waals surface area contributed by atoms with E-state index in [9.17, 15) is 19.4 Å². The van der Waals surface area contributed by atoms with Crippen LogP contribution in [0.4, 0.5) is 4.39 Å². The van der Waals surface area contributed by atoms with Gasteiger partial charge in [0.05, 0.1) is 28.4 Å². The van der Waals surface area contributed by atoms with Gasteiger partial charge in [0.2, 0.25) is 5.60 Å². The molecule has 4 aliphatic carbocycles. The minimum Gasteiger partial charge on any atom is -0.478 e. The molecule has 10 heteroatoms. The zero-order valence-electron chi connectivity index (χ0n) is 23.1. The molecule has 7 rings (SSSR count). The Morgan fingerprint density at radius 1 is 1.14 bits per heavy atom. The molecule has 4 fully saturated rings. The third-order valence-corrected chi connectivity index (χ3v) is 10.4. The van der Waals surface area contributed by atoms with Gasteiger partial charge in [-0.15, -0.1) is 0 Å². The summed E-state index contributed by atoms with van der Waals surface area (Å²) in [7, 11) is 0. The predicted molar refractivity (Wildman–Crippen MR) is 153 cm³/mol. The first kappa shape index (κ1) is 28.1. The number of aromatic nitrogens is 1. The monoisotopic (exact) mass is 615 g/mol. The Kier molecular flexibility index (Phi) is 6.85. The van der Waals surface area contributed by atoms with Crippen LogP contribution in [0.25, 0.3) is 11.3 Å². The number of rotatable bonds is 9. The predicted octanol–water partition coefficient (Wildman–Crippen LogP) is 7.50. The molecule has 4 aliphatic rings. The van der Waals surface area contributed by atoms with E-state index < -0.39 is 23.0 Å². The van der Waals surface area contributed by atoms with E-state index in [1.165, 1.54) is 12.1 Å². The molecule has 2 aromatic carbocycles. The SMILES string of the molecule is C[C@H]1C[C@@H]2C[C@@H](OCc3c(-c4c(Cl)cccc4Cl)noc3C3CC3)C[C@H]1[C@]2(O)c1cc(F)cc(OC2(C(=O)O)CC2)c1. The van der Waals surface area contributed by atoms with Gasteiger partial charge in [0, 0.05) is 36.0 Å². The van der Waals surface area contributed by atoms with Crippen molar-refractivity contribution in [3.8, 4) is 17.0 Å². The van der Waals surface area contributed by atoms with Crippen molar-refractivity contribution in [3.05, 3.63) is 69.1 Å². The maximum Gasteiger partial charge on any atom is 0.348 e. The summed E-state index contributed by atoms with van der Waals surface area (Å²) in [5.74, 6) is -0.522. The lowest BCUT2D eigenvalue weighted by atomic mass is 9.68. The Labute approximate surface area is 252 Å². The molecule has 0 aliphatic heterocycles. The molecule has 3 aromatic rings. The number of aliphatic hydroxyl groups is 1. The van der Waals surface area contributed by atoms with Crippen molar-refractivity contribution >= 4 is 29.2 Å². The van der Waals surface area contributed by atoms with Gasteiger partial charge in [-0.25, -0.2) is 9.18 Å². The first-order valence-electron chi connectivity index (χ1n) is 14.6. The molecule has 42 heavy (non-hydrogen) atoms. The molecule has 0 spiro atoms. The van der Waals surface area contributed by atoms with Crippen molar-refractivity contribution < 1.29 is 33.4 Å². The third kappa shape index (κ3) is 4.71. The van der Waals surface area contributed by atoms with E-state index in [4.69, 9.17) is 37.2 Å². The number of carboxylic acid groups (broad SMARTS) is 1. The topological polar surface area (TPSA) is 102 Å². The third-order valence-electron chi connectivity index (χ3n) is 9.77. The lowest BCUT2D eigenvalue weighted by Crippen LogP contribution is -2.45. The summed E-state index contributed by atoms with van der Waals surface area (Å²) in [6, 6.07) is 9.49. The fraction of sp³-hybridized carbons (Fsp3) is 0.500.